The Bertz CT molecular complexity index is 857. The van der Waals surface area contributed by atoms with E-state index in [2.05, 4.69) is 10.6 Å². The molecule has 7 heteroatoms. The van der Waals surface area contributed by atoms with E-state index in [0.717, 1.165) is 23.4 Å². The molecule has 2 aromatic carbocycles. The number of carbonyl (C=O) groups is 1. The molecule has 3 rings (SSSR count). The van der Waals surface area contributed by atoms with Gasteiger partial charge >= 0.3 is 0 Å². The van der Waals surface area contributed by atoms with Crippen LogP contribution in [0.2, 0.25) is 10.0 Å². The molecule has 0 saturated heterocycles. The summed E-state index contributed by atoms with van der Waals surface area (Å²) in [6.45, 7) is 6.25. The third-order valence-electron chi connectivity index (χ3n) is 4.25. The maximum Gasteiger partial charge on any atom is 0.246 e. The molecule has 0 radical (unpaired) electrons. The molecule has 144 valence electrons. The number of fused-ring (bicyclic) bond motifs is 1. The monoisotopic (exact) mass is 408 g/mol. The van der Waals surface area contributed by atoms with Crippen LogP contribution in [0, 0.1) is 0 Å². The number of amides is 1. The van der Waals surface area contributed by atoms with Crippen molar-refractivity contribution in [3.05, 3.63) is 45.9 Å². The van der Waals surface area contributed by atoms with Crippen molar-refractivity contribution in [2.45, 2.75) is 39.3 Å². The summed E-state index contributed by atoms with van der Waals surface area (Å²) in [5, 5.41) is 6.91. The molecular weight excluding hydrogens is 387 g/mol. The van der Waals surface area contributed by atoms with Crippen LogP contribution < -0.4 is 20.1 Å². The van der Waals surface area contributed by atoms with E-state index in [4.69, 9.17) is 32.7 Å². The van der Waals surface area contributed by atoms with Crippen LogP contribution in [0.15, 0.2) is 30.3 Å². The Morgan fingerprint density at radius 2 is 2.07 bits per heavy atom. The van der Waals surface area contributed by atoms with Crippen molar-refractivity contribution >= 4 is 40.5 Å². The van der Waals surface area contributed by atoms with E-state index in [1.807, 2.05) is 26.0 Å². The first-order chi connectivity index (χ1) is 12.9. The molecule has 0 fully saturated rings. The lowest BCUT2D eigenvalue weighted by Crippen LogP contribution is -2.32. The van der Waals surface area contributed by atoms with Gasteiger partial charge in [0.15, 0.2) is 0 Å². The van der Waals surface area contributed by atoms with Crippen molar-refractivity contribution in [1.82, 2.24) is 0 Å². The molecule has 0 bridgehead atoms. The van der Waals surface area contributed by atoms with Crippen molar-refractivity contribution in [1.29, 1.82) is 0 Å². The molecule has 1 amide bonds. The summed E-state index contributed by atoms with van der Waals surface area (Å²) < 4.78 is 11.6. The van der Waals surface area contributed by atoms with E-state index in [1.165, 1.54) is 0 Å². The van der Waals surface area contributed by atoms with Gasteiger partial charge in [0.25, 0.3) is 0 Å². The molecule has 5 nitrogen and oxygen atoms in total. The Morgan fingerprint density at radius 1 is 1.30 bits per heavy atom. The number of hydrogen-bond donors (Lipinski definition) is 2. The van der Waals surface area contributed by atoms with Gasteiger partial charge in [0.2, 0.25) is 5.91 Å². The maximum atomic E-state index is 12.6. The largest absolute Gasteiger partial charge is 0.492 e. The fourth-order valence-electron chi connectivity index (χ4n) is 2.96. The molecule has 2 N–H and O–H groups in total. The van der Waals surface area contributed by atoms with Crippen LogP contribution in [-0.4, -0.2) is 24.7 Å². The Balaban J connectivity index is 1.75. The minimum Gasteiger partial charge on any atom is -0.492 e. The average Bonchev–Trinajstić information content (AvgIpc) is 2.96. The smallest absolute Gasteiger partial charge is 0.246 e. The maximum absolute atomic E-state index is 12.6. The molecular formula is C20H22Cl2N2O3. The quantitative estimate of drug-likeness (QED) is 0.693. The first-order valence-corrected chi connectivity index (χ1v) is 9.61. The second-order valence-electron chi connectivity index (χ2n) is 6.50. The zero-order valence-corrected chi connectivity index (χ0v) is 16.9. The molecule has 0 aromatic heterocycles. The van der Waals surface area contributed by atoms with Crippen LogP contribution in [0.4, 0.5) is 11.4 Å². The van der Waals surface area contributed by atoms with Crippen LogP contribution >= 0.6 is 23.2 Å². The van der Waals surface area contributed by atoms with E-state index in [-0.39, 0.29) is 12.0 Å². The van der Waals surface area contributed by atoms with E-state index >= 15 is 0 Å². The molecule has 0 saturated carbocycles. The number of halogens is 2. The van der Waals surface area contributed by atoms with E-state index in [0.29, 0.717) is 28.1 Å². The third-order valence-corrected chi connectivity index (χ3v) is 4.80. The van der Waals surface area contributed by atoms with E-state index in [1.54, 1.807) is 25.1 Å². The van der Waals surface area contributed by atoms with Gasteiger partial charge in [0.05, 0.1) is 23.0 Å². The molecule has 1 aliphatic heterocycles. The van der Waals surface area contributed by atoms with Gasteiger partial charge in [-0.2, -0.15) is 0 Å². The fraction of sp³-hybridized carbons (Fsp3) is 0.350. The molecule has 27 heavy (non-hydrogen) atoms. The van der Waals surface area contributed by atoms with Gasteiger partial charge in [0, 0.05) is 23.1 Å². The average molecular weight is 409 g/mol. The zero-order valence-electron chi connectivity index (χ0n) is 15.4. The van der Waals surface area contributed by atoms with Crippen LogP contribution in [0.5, 0.6) is 11.5 Å². The summed E-state index contributed by atoms with van der Waals surface area (Å²) in [4.78, 5) is 12.6. The molecule has 1 heterocycles. The Hall–Kier alpha value is -2.11. The lowest BCUT2D eigenvalue weighted by atomic mass is 10.1. The Labute approximate surface area is 168 Å². The molecule has 2 aromatic rings. The van der Waals surface area contributed by atoms with E-state index < -0.39 is 6.04 Å². The van der Waals surface area contributed by atoms with E-state index in [9.17, 15) is 4.79 Å². The first-order valence-electron chi connectivity index (χ1n) is 8.86. The SMILES string of the molecule is CCOc1cc2c(cc1N[C@H](C)C(=O)Nc1ccc(Cl)cc1Cl)O[C@H](C)C2. The number of hydrogen-bond acceptors (Lipinski definition) is 4. The second kappa shape index (κ2) is 8.28. The van der Waals surface area contributed by atoms with Gasteiger partial charge in [-0.3, -0.25) is 4.79 Å². The van der Waals surface area contributed by atoms with Crippen molar-refractivity contribution in [2.24, 2.45) is 0 Å². The van der Waals surface area contributed by atoms with Crippen LogP contribution in [0.25, 0.3) is 0 Å². The van der Waals surface area contributed by atoms with Gasteiger partial charge < -0.3 is 20.1 Å². The predicted octanol–water partition coefficient (Wildman–Crippen LogP) is 5.15. The highest BCUT2D eigenvalue weighted by molar-refractivity contribution is 6.36. The normalized spacial score (nSPS) is 16.3. The van der Waals surface area contributed by atoms with Crippen LogP contribution in [0.3, 0.4) is 0 Å². The molecule has 0 aliphatic carbocycles. The summed E-state index contributed by atoms with van der Waals surface area (Å²) in [7, 11) is 0. The topological polar surface area (TPSA) is 59.6 Å². The predicted molar refractivity (Wildman–Crippen MR) is 110 cm³/mol. The van der Waals surface area contributed by atoms with Crippen molar-refractivity contribution < 1.29 is 14.3 Å². The Morgan fingerprint density at radius 3 is 2.78 bits per heavy atom. The van der Waals surface area contributed by atoms with Gasteiger partial charge in [-0.05, 0) is 45.0 Å². The number of benzene rings is 2. The lowest BCUT2D eigenvalue weighted by Gasteiger charge is -2.19. The summed E-state index contributed by atoms with van der Waals surface area (Å²) >= 11 is 12.0. The molecule has 0 unspecified atom stereocenters. The van der Waals surface area contributed by atoms with Gasteiger partial charge in [-0.25, -0.2) is 0 Å². The minimum atomic E-state index is -0.521. The highest BCUT2D eigenvalue weighted by Gasteiger charge is 2.23. The third kappa shape index (κ3) is 4.60. The van der Waals surface area contributed by atoms with Crippen LogP contribution in [-0.2, 0) is 11.2 Å². The molecule has 2 atom stereocenters. The highest BCUT2D eigenvalue weighted by atomic mass is 35.5. The number of carbonyl (C=O) groups excluding carboxylic acids is 1. The zero-order chi connectivity index (χ0) is 19.6. The summed E-state index contributed by atoms with van der Waals surface area (Å²) in [6.07, 6.45) is 0.985. The standard InChI is InChI=1S/C20H22Cl2N2O3/c1-4-26-19-8-13-7-11(2)27-18(13)10-17(19)23-12(3)20(25)24-16-6-5-14(21)9-15(16)22/h5-6,8-12,23H,4,7H2,1-3H3,(H,24,25)/t11-,12-/m1/s1. The Kier molecular flexibility index (Phi) is 6.02. The number of anilines is 2. The number of ether oxygens (including phenoxy) is 2. The van der Waals surface area contributed by atoms with Crippen molar-refractivity contribution in [2.75, 3.05) is 17.2 Å². The lowest BCUT2D eigenvalue weighted by molar-refractivity contribution is -0.116. The van der Waals surface area contributed by atoms with Gasteiger partial charge in [-0.1, -0.05) is 23.2 Å². The number of nitrogens with one attached hydrogen (secondary N) is 2. The van der Waals surface area contributed by atoms with Gasteiger partial charge in [-0.15, -0.1) is 0 Å². The molecule has 0 spiro atoms. The molecule has 1 aliphatic rings. The summed E-state index contributed by atoms with van der Waals surface area (Å²) in [5.41, 5.74) is 2.34. The van der Waals surface area contributed by atoms with Gasteiger partial charge in [0.1, 0.15) is 23.6 Å². The second-order valence-corrected chi connectivity index (χ2v) is 7.34. The highest BCUT2D eigenvalue weighted by Crippen LogP contribution is 2.38. The minimum absolute atomic E-state index is 0.137. The number of rotatable bonds is 6. The van der Waals surface area contributed by atoms with Crippen molar-refractivity contribution in [3.8, 4) is 11.5 Å². The van der Waals surface area contributed by atoms with Crippen LogP contribution in [0.1, 0.15) is 26.3 Å². The summed E-state index contributed by atoms with van der Waals surface area (Å²) in [6, 6.07) is 8.28. The van der Waals surface area contributed by atoms with Crippen molar-refractivity contribution in [3.63, 3.8) is 0 Å². The fourth-order valence-corrected chi connectivity index (χ4v) is 3.41. The first kappa shape index (κ1) is 19.6. The summed E-state index contributed by atoms with van der Waals surface area (Å²) in [5.74, 6) is 1.30.